The van der Waals surface area contributed by atoms with Gasteiger partial charge in [0.2, 0.25) is 11.7 Å². The Morgan fingerprint density at radius 1 is 0.893 bits per heavy atom. The van der Waals surface area contributed by atoms with Gasteiger partial charge in [-0.3, -0.25) is 4.79 Å². The van der Waals surface area contributed by atoms with E-state index < -0.39 is 0 Å². The molecule has 1 amide bonds. The van der Waals surface area contributed by atoms with Gasteiger partial charge >= 0.3 is 0 Å². The summed E-state index contributed by atoms with van der Waals surface area (Å²) in [7, 11) is 4.65. The number of hydrogen-bond donors (Lipinski definition) is 1. The van der Waals surface area contributed by atoms with Crippen molar-refractivity contribution in [3.05, 3.63) is 53.1 Å². The van der Waals surface area contributed by atoms with Gasteiger partial charge in [0, 0.05) is 6.54 Å². The summed E-state index contributed by atoms with van der Waals surface area (Å²) in [5, 5.41) is 2.94. The Kier molecular flexibility index (Phi) is 8.14. The molecule has 0 fully saturated rings. The van der Waals surface area contributed by atoms with Crippen LogP contribution >= 0.6 is 0 Å². The molecular formula is C22H29NO5. The zero-order valence-electron chi connectivity index (χ0n) is 17.2. The minimum Gasteiger partial charge on any atom is -0.493 e. The molecular weight excluding hydrogens is 358 g/mol. The Morgan fingerprint density at radius 2 is 1.46 bits per heavy atom. The van der Waals surface area contributed by atoms with E-state index in [1.165, 1.54) is 0 Å². The first kappa shape index (κ1) is 21.6. The van der Waals surface area contributed by atoms with Crippen molar-refractivity contribution in [2.45, 2.75) is 39.5 Å². The molecule has 0 aliphatic rings. The van der Waals surface area contributed by atoms with Crippen LogP contribution in [-0.2, 0) is 29.1 Å². The van der Waals surface area contributed by atoms with E-state index in [-0.39, 0.29) is 18.4 Å². The monoisotopic (exact) mass is 387 g/mol. The van der Waals surface area contributed by atoms with Crippen LogP contribution in [0.3, 0.4) is 0 Å². The molecule has 2 aromatic rings. The van der Waals surface area contributed by atoms with Crippen molar-refractivity contribution in [1.82, 2.24) is 5.32 Å². The van der Waals surface area contributed by atoms with Crippen molar-refractivity contribution in [1.29, 1.82) is 0 Å². The largest absolute Gasteiger partial charge is 0.493 e. The summed E-state index contributed by atoms with van der Waals surface area (Å²) >= 11 is 0. The Balaban J connectivity index is 1.93. The van der Waals surface area contributed by atoms with Crippen LogP contribution in [0.5, 0.6) is 17.2 Å². The molecule has 0 atom stereocenters. The quantitative estimate of drug-likeness (QED) is 0.676. The summed E-state index contributed by atoms with van der Waals surface area (Å²) in [6.07, 6.45) is 0.422. The van der Waals surface area contributed by atoms with Crippen molar-refractivity contribution >= 4 is 5.91 Å². The van der Waals surface area contributed by atoms with Crippen molar-refractivity contribution in [3.8, 4) is 17.2 Å². The molecule has 6 heteroatoms. The third-order valence-electron chi connectivity index (χ3n) is 4.19. The molecule has 28 heavy (non-hydrogen) atoms. The maximum Gasteiger partial charge on any atom is 0.224 e. The molecule has 1 N–H and O–H groups in total. The Morgan fingerprint density at radius 3 is 1.96 bits per heavy atom. The Bertz CT molecular complexity index is 746. The lowest BCUT2D eigenvalue weighted by molar-refractivity contribution is -0.120. The van der Waals surface area contributed by atoms with Crippen LogP contribution in [0.15, 0.2) is 36.4 Å². The predicted molar refractivity (Wildman–Crippen MR) is 108 cm³/mol. The van der Waals surface area contributed by atoms with Gasteiger partial charge in [-0.1, -0.05) is 24.3 Å². The number of benzene rings is 2. The van der Waals surface area contributed by atoms with Crippen LogP contribution < -0.4 is 19.5 Å². The van der Waals surface area contributed by atoms with E-state index in [1.807, 2.05) is 38.1 Å². The minimum atomic E-state index is -0.0820. The van der Waals surface area contributed by atoms with Gasteiger partial charge in [-0.05, 0) is 42.7 Å². The summed E-state index contributed by atoms with van der Waals surface area (Å²) in [5.74, 6) is 1.49. The molecule has 0 saturated heterocycles. The average molecular weight is 387 g/mol. The molecule has 2 aromatic carbocycles. The molecule has 6 nitrogen and oxygen atoms in total. The zero-order chi connectivity index (χ0) is 20.5. The van der Waals surface area contributed by atoms with Gasteiger partial charge in [-0.25, -0.2) is 0 Å². The molecule has 0 saturated carbocycles. The molecule has 0 aliphatic carbocycles. The van der Waals surface area contributed by atoms with E-state index in [9.17, 15) is 4.79 Å². The molecule has 0 bridgehead atoms. The first-order chi connectivity index (χ1) is 13.5. The zero-order valence-corrected chi connectivity index (χ0v) is 17.2. The maximum absolute atomic E-state index is 12.3. The van der Waals surface area contributed by atoms with Crippen LogP contribution in [0.2, 0.25) is 0 Å². The highest BCUT2D eigenvalue weighted by atomic mass is 16.5. The number of carbonyl (C=O) groups is 1. The van der Waals surface area contributed by atoms with Crippen molar-refractivity contribution in [2.75, 3.05) is 21.3 Å². The lowest BCUT2D eigenvalue weighted by atomic mass is 10.1. The number of ether oxygens (including phenoxy) is 4. The van der Waals surface area contributed by atoms with Crippen molar-refractivity contribution in [3.63, 3.8) is 0 Å². The fourth-order valence-electron chi connectivity index (χ4n) is 2.70. The van der Waals surface area contributed by atoms with Gasteiger partial charge in [0.25, 0.3) is 0 Å². The summed E-state index contributed by atoms with van der Waals surface area (Å²) in [5.41, 5.74) is 2.93. The highest BCUT2D eigenvalue weighted by molar-refractivity contribution is 5.79. The lowest BCUT2D eigenvalue weighted by Crippen LogP contribution is -2.24. The van der Waals surface area contributed by atoms with E-state index in [2.05, 4.69) is 5.32 Å². The fourth-order valence-corrected chi connectivity index (χ4v) is 2.70. The normalized spacial score (nSPS) is 10.6. The molecule has 0 spiro atoms. The third-order valence-corrected chi connectivity index (χ3v) is 4.19. The molecule has 0 unspecified atom stereocenters. The molecule has 2 rings (SSSR count). The summed E-state index contributed by atoms with van der Waals surface area (Å²) in [6.45, 7) is 5.08. The van der Waals surface area contributed by atoms with Crippen LogP contribution in [0.4, 0.5) is 0 Å². The predicted octanol–water partition coefficient (Wildman–Crippen LogP) is 3.50. The minimum absolute atomic E-state index is 0.0820. The fraction of sp³-hybridized carbons (Fsp3) is 0.409. The average Bonchev–Trinajstić information content (AvgIpc) is 2.70. The second-order valence-electron chi connectivity index (χ2n) is 6.66. The summed E-state index contributed by atoms with van der Waals surface area (Å²) in [4.78, 5) is 12.3. The first-order valence-corrected chi connectivity index (χ1v) is 9.21. The number of nitrogens with one attached hydrogen (secondary N) is 1. The van der Waals surface area contributed by atoms with Gasteiger partial charge in [0.1, 0.15) is 0 Å². The maximum atomic E-state index is 12.3. The number of carbonyl (C=O) groups excluding carboxylic acids is 1. The summed E-state index contributed by atoms with van der Waals surface area (Å²) in [6, 6.07) is 11.6. The van der Waals surface area contributed by atoms with Crippen LogP contribution in [0.25, 0.3) is 0 Å². The second-order valence-corrected chi connectivity index (χ2v) is 6.66. The number of rotatable bonds is 10. The van der Waals surface area contributed by atoms with Crippen LogP contribution in [0, 0.1) is 0 Å². The van der Waals surface area contributed by atoms with E-state index in [0.29, 0.717) is 30.4 Å². The van der Waals surface area contributed by atoms with Gasteiger partial charge in [0.15, 0.2) is 11.5 Å². The second kappa shape index (κ2) is 10.6. The lowest BCUT2D eigenvalue weighted by Gasteiger charge is -2.14. The van der Waals surface area contributed by atoms with Gasteiger partial charge in [-0.2, -0.15) is 0 Å². The van der Waals surface area contributed by atoms with Gasteiger partial charge in [-0.15, -0.1) is 0 Å². The number of hydrogen-bond acceptors (Lipinski definition) is 5. The van der Waals surface area contributed by atoms with E-state index in [1.54, 1.807) is 33.5 Å². The van der Waals surface area contributed by atoms with E-state index in [0.717, 1.165) is 16.7 Å². The first-order valence-electron chi connectivity index (χ1n) is 9.21. The summed E-state index contributed by atoms with van der Waals surface area (Å²) < 4.78 is 21.5. The Hall–Kier alpha value is -2.73. The van der Waals surface area contributed by atoms with E-state index in [4.69, 9.17) is 18.9 Å². The third kappa shape index (κ3) is 6.16. The topological polar surface area (TPSA) is 66.0 Å². The number of amides is 1. The standard InChI is InChI=1S/C22H29NO5/c1-15(2)28-14-17-8-6-16(7-9-17)13-23-21(24)12-18-10-19(25-3)22(27-5)20(11-18)26-4/h6-11,15H,12-14H2,1-5H3,(H,23,24). The van der Waals surface area contributed by atoms with Crippen LogP contribution in [-0.4, -0.2) is 33.3 Å². The molecule has 0 radical (unpaired) electrons. The smallest absolute Gasteiger partial charge is 0.224 e. The van der Waals surface area contributed by atoms with Crippen molar-refractivity contribution in [2.24, 2.45) is 0 Å². The SMILES string of the molecule is COc1cc(CC(=O)NCc2ccc(COC(C)C)cc2)cc(OC)c1OC. The van der Waals surface area contributed by atoms with Crippen LogP contribution in [0.1, 0.15) is 30.5 Å². The molecule has 152 valence electrons. The van der Waals surface area contributed by atoms with Crippen molar-refractivity contribution < 1.29 is 23.7 Å². The highest BCUT2D eigenvalue weighted by Gasteiger charge is 2.14. The molecule has 0 aliphatic heterocycles. The molecule has 0 aromatic heterocycles. The van der Waals surface area contributed by atoms with E-state index >= 15 is 0 Å². The van der Waals surface area contributed by atoms with Gasteiger partial charge in [0.05, 0.1) is 40.5 Å². The Labute approximate surface area is 166 Å². The number of methoxy groups -OCH3 is 3. The molecule has 0 heterocycles. The van der Waals surface area contributed by atoms with Gasteiger partial charge < -0.3 is 24.3 Å². The highest BCUT2D eigenvalue weighted by Crippen LogP contribution is 2.38.